The van der Waals surface area contributed by atoms with Crippen LogP contribution in [0.25, 0.3) is 0 Å². The number of nitrogens with zero attached hydrogens (tertiary/aromatic N) is 2. The number of Topliss-reactive ketones (excluding diaryl/α,β-unsaturated/α-hetero) is 1. The van der Waals surface area contributed by atoms with E-state index in [4.69, 9.17) is 5.11 Å². The fraction of sp³-hybridized carbons (Fsp3) is 0.353. The molecule has 0 aliphatic heterocycles. The first-order valence-corrected chi connectivity index (χ1v) is 7.69. The number of rotatable bonds is 8. The summed E-state index contributed by atoms with van der Waals surface area (Å²) in [6.07, 6.45) is 4.07. The van der Waals surface area contributed by atoms with Crippen LogP contribution in [0.5, 0.6) is 0 Å². The van der Waals surface area contributed by atoms with Crippen molar-refractivity contribution in [3.8, 4) is 0 Å². The van der Waals surface area contributed by atoms with E-state index in [2.05, 4.69) is 10.4 Å². The lowest BCUT2D eigenvalue weighted by molar-refractivity contribution is -0.117. The van der Waals surface area contributed by atoms with Crippen molar-refractivity contribution in [3.05, 3.63) is 53.9 Å². The van der Waals surface area contributed by atoms with Crippen molar-refractivity contribution in [3.63, 3.8) is 0 Å². The van der Waals surface area contributed by atoms with Gasteiger partial charge in [0.2, 0.25) is 0 Å². The Hall–Kier alpha value is -2.47. The number of benzene rings is 1. The highest BCUT2D eigenvalue weighted by atomic mass is 16.3. The number of amides is 1. The second-order valence-electron chi connectivity index (χ2n) is 5.22. The summed E-state index contributed by atoms with van der Waals surface area (Å²) in [5, 5.41) is 15.8. The first-order valence-electron chi connectivity index (χ1n) is 7.69. The summed E-state index contributed by atoms with van der Waals surface area (Å²) in [6, 6.07) is 9.12. The van der Waals surface area contributed by atoms with E-state index in [1.165, 1.54) is 6.20 Å². The second kappa shape index (κ2) is 8.24. The van der Waals surface area contributed by atoms with Gasteiger partial charge in [0, 0.05) is 19.3 Å². The van der Waals surface area contributed by atoms with Crippen molar-refractivity contribution in [1.82, 2.24) is 15.1 Å². The Kier molecular flexibility index (Phi) is 6.05. The van der Waals surface area contributed by atoms with Crippen LogP contribution in [-0.2, 0) is 11.3 Å². The molecule has 0 aliphatic rings. The van der Waals surface area contributed by atoms with Crippen molar-refractivity contribution >= 4 is 11.7 Å². The first-order chi connectivity index (χ1) is 11.2. The van der Waals surface area contributed by atoms with Gasteiger partial charge < -0.3 is 10.4 Å². The molecule has 1 aromatic carbocycles. The fourth-order valence-corrected chi connectivity index (χ4v) is 2.31. The van der Waals surface area contributed by atoms with Crippen LogP contribution >= 0.6 is 0 Å². The molecule has 0 spiro atoms. The molecule has 1 unspecified atom stereocenters. The average Bonchev–Trinajstić information content (AvgIpc) is 3.07. The van der Waals surface area contributed by atoms with E-state index in [1.807, 2.05) is 37.3 Å². The van der Waals surface area contributed by atoms with Crippen LogP contribution < -0.4 is 5.32 Å². The Balaban J connectivity index is 2.08. The molecule has 1 aromatic heterocycles. The molecule has 1 atom stereocenters. The summed E-state index contributed by atoms with van der Waals surface area (Å²) in [6.45, 7) is 2.58. The zero-order chi connectivity index (χ0) is 16.7. The normalized spacial score (nSPS) is 11.9. The van der Waals surface area contributed by atoms with Crippen LogP contribution in [0.15, 0.2) is 42.7 Å². The summed E-state index contributed by atoms with van der Waals surface area (Å²) in [5.41, 5.74) is 1.18. The summed E-state index contributed by atoms with van der Waals surface area (Å²) >= 11 is 0. The summed E-state index contributed by atoms with van der Waals surface area (Å²) in [5.74, 6) is -1.26. The molecular weight excluding hydrogens is 294 g/mol. The highest BCUT2D eigenvalue weighted by Crippen LogP contribution is 2.18. The second-order valence-corrected chi connectivity index (χ2v) is 5.22. The number of carbonyl (C=O) groups excluding carboxylic acids is 2. The Labute approximate surface area is 135 Å². The first kappa shape index (κ1) is 16.9. The zero-order valence-corrected chi connectivity index (χ0v) is 13.1. The topological polar surface area (TPSA) is 84.2 Å². The van der Waals surface area contributed by atoms with Gasteiger partial charge in [0.15, 0.2) is 0 Å². The third-order valence-electron chi connectivity index (χ3n) is 3.58. The number of aliphatic hydroxyl groups excluding tert-OH is 1. The minimum absolute atomic E-state index is 0.0381. The predicted molar refractivity (Wildman–Crippen MR) is 85.9 cm³/mol. The molecule has 0 radical (unpaired) electrons. The maximum atomic E-state index is 12.2. The highest BCUT2D eigenvalue weighted by molar-refractivity contribution is 6.42. The number of hydrogen-bond acceptors (Lipinski definition) is 4. The van der Waals surface area contributed by atoms with E-state index in [0.29, 0.717) is 19.4 Å². The number of aromatic nitrogens is 2. The molecule has 2 N–H and O–H groups in total. The third-order valence-corrected chi connectivity index (χ3v) is 3.58. The van der Waals surface area contributed by atoms with Crippen molar-refractivity contribution < 1.29 is 14.7 Å². The Morgan fingerprint density at radius 1 is 1.30 bits per heavy atom. The van der Waals surface area contributed by atoms with Gasteiger partial charge in [-0.3, -0.25) is 14.3 Å². The number of carbonyl (C=O) groups is 2. The maximum Gasteiger partial charge on any atom is 0.292 e. The number of ketones is 1. The number of aliphatic hydroxyl groups is 1. The van der Waals surface area contributed by atoms with Gasteiger partial charge >= 0.3 is 0 Å². The van der Waals surface area contributed by atoms with Crippen molar-refractivity contribution in [2.75, 3.05) is 6.61 Å². The highest BCUT2D eigenvalue weighted by Gasteiger charge is 2.22. The van der Waals surface area contributed by atoms with Crippen LogP contribution in [0.2, 0.25) is 0 Å². The van der Waals surface area contributed by atoms with Crippen LogP contribution in [-0.4, -0.2) is 33.2 Å². The van der Waals surface area contributed by atoms with E-state index in [-0.39, 0.29) is 18.2 Å². The predicted octanol–water partition coefficient (Wildman–Crippen LogP) is 1.72. The van der Waals surface area contributed by atoms with Crippen molar-refractivity contribution in [2.24, 2.45) is 0 Å². The van der Waals surface area contributed by atoms with Crippen LogP contribution in [0.1, 0.15) is 41.7 Å². The van der Waals surface area contributed by atoms with Crippen LogP contribution in [0.4, 0.5) is 0 Å². The average molecular weight is 315 g/mol. The number of nitrogens with one attached hydrogen (secondary N) is 1. The van der Waals surface area contributed by atoms with Gasteiger partial charge in [0.05, 0.1) is 17.8 Å². The number of hydrogen-bond donors (Lipinski definition) is 2. The van der Waals surface area contributed by atoms with E-state index >= 15 is 0 Å². The van der Waals surface area contributed by atoms with Gasteiger partial charge in [-0.25, -0.2) is 0 Å². The standard InChI is InChI=1S/C17H21N3O3/c1-2-20-12-14(11-18-20)16(22)17(23)19-15(9-6-10-21)13-7-4-3-5-8-13/h3-5,7-8,11-12,15,21H,2,6,9-10H2,1H3,(H,19,23). The van der Waals surface area contributed by atoms with Gasteiger partial charge in [0.25, 0.3) is 11.7 Å². The van der Waals surface area contributed by atoms with E-state index in [1.54, 1.807) is 10.9 Å². The smallest absolute Gasteiger partial charge is 0.292 e. The minimum Gasteiger partial charge on any atom is -0.396 e. The van der Waals surface area contributed by atoms with E-state index < -0.39 is 11.7 Å². The Morgan fingerprint density at radius 2 is 2.04 bits per heavy atom. The molecule has 0 saturated heterocycles. The summed E-state index contributed by atoms with van der Waals surface area (Å²) in [4.78, 5) is 24.4. The van der Waals surface area contributed by atoms with E-state index in [0.717, 1.165) is 5.56 Å². The zero-order valence-electron chi connectivity index (χ0n) is 13.1. The van der Waals surface area contributed by atoms with Gasteiger partial charge in [-0.2, -0.15) is 5.10 Å². The van der Waals surface area contributed by atoms with Gasteiger partial charge in [-0.15, -0.1) is 0 Å². The van der Waals surface area contributed by atoms with Crippen molar-refractivity contribution in [1.29, 1.82) is 0 Å². The molecule has 6 nitrogen and oxygen atoms in total. The molecular formula is C17H21N3O3. The maximum absolute atomic E-state index is 12.2. The number of aryl methyl sites for hydroxylation is 1. The molecule has 122 valence electrons. The Morgan fingerprint density at radius 3 is 2.65 bits per heavy atom. The lowest BCUT2D eigenvalue weighted by Gasteiger charge is -2.18. The lowest BCUT2D eigenvalue weighted by atomic mass is 10.0. The molecule has 2 aromatic rings. The molecule has 1 heterocycles. The molecule has 0 aliphatic carbocycles. The third kappa shape index (κ3) is 4.50. The van der Waals surface area contributed by atoms with Crippen LogP contribution in [0.3, 0.4) is 0 Å². The van der Waals surface area contributed by atoms with E-state index in [9.17, 15) is 9.59 Å². The lowest BCUT2D eigenvalue weighted by Crippen LogP contribution is -2.34. The summed E-state index contributed by atoms with van der Waals surface area (Å²) < 4.78 is 1.60. The molecule has 2 rings (SSSR count). The monoisotopic (exact) mass is 315 g/mol. The van der Waals surface area contributed by atoms with Gasteiger partial charge in [-0.1, -0.05) is 30.3 Å². The molecule has 23 heavy (non-hydrogen) atoms. The summed E-state index contributed by atoms with van der Waals surface area (Å²) in [7, 11) is 0. The molecule has 6 heteroatoms. The SMILES string of the molecule is CCn1cc(C(=O)C(=O)NC(CCCO)c2ccccc2)cn1. The molecule has 0 saturated carbocycles. The largest absolute Gasteiger partial charge is 0.396 e. The molecule has 1 amide bonds. The molecule has 0 bridgehead atoms. The molecule has 0 fully saturated rings. The van der Waals surface area contributed by atoms with Crippen molar-refractivity contribution in [2.45, 2.75) is 32.4 Å². The quantitative estimate of drug-likeness (QED) is 0.574. The minimum atomic E-state index is -0.660. The van der Waals surface area contributed by atoms with Gasteiger partial charge in [-0.05, 0) is 25.3 Å². The van der Waals surface area contributed by atoms with Crippen LogP contribution in [0, 0.1) is 0 Å². The fourth-order valence-electron chi connectivity index (χ4n) is 2.31. The van der Waals surface area contributed by atoms with Gasteiger partial charge in [0.1, 0.15) is 0 Å². The Bertz CT molecular complexity index is 652.